The van der Waals surface area contributed by atoms with Gasteiger partial charge >= 0.3 is 5.97 Å². The second-order valence-corrected chi connectivity index (χ2v) is 5.02. The van der Waals surface area contributed by atoms with Gasteiger partial charge in [0.15, 0.2) is 0 Å². The number of carbonyl (C=O) groups excluding carboxylic acids is 2. The Labute approximate surface area is 135 Å². The second-order valence-electron chi connectivity index (χ2n) is 5.02. The number of ether oxygens (including phenoxy) is 1. The van der Waals surface area contributed by atoms with Crippen molar-refractivity contribution in [2.75, 3.05) is 24.3 Å². The van der Waals surface area contributed by atoms with Gasteiger partial charge in [0.2, 0.25) is 5.91 Å². The highest BCUT2D eigenvalue weighted by molar-refractivity contribution is 5.96. The van der Waals surface area contributed by atoms with E-state index in [-0.39, 0.29) is 12.5 Å². The van der Waals surface area contributed by atoms with E-state index in [1.54, 1.807) is 24.3 Å². The minimum absolute atomic E-state index is 0.147. The highest BCUT2D eigenvalue weighted by atomic mass is 16.5. The van der Waals surface area contributed by atoms with Crippen molar-refractivity contribution in [3.8, 4) is 0 Å². The molecule has 23 heavy (non-hydrogen) atoms. The predicted molar refractivity (Wildman–Crippen MR) is 90.7 cm³/mol. The third-order valence-corrected chi connectivity index (χ3v) is 3.38. The average molecular weight is 312 g/mol. The molecule has 0 saturated carbocycles. The van der Waals surface area contributed by atoms with E-state index in [9.17, 15) is 9.59 Å². The summed E-state index contributed by atoms with van der Waals surface area (Å²) < 4.78 is 4.66. The van der Waals surface area contributed by atoms with E-state index in [0.29, 0.717) is 11.3 Å². The number of hydrogen-bond donors (Lipinski definition) is 2. The van der Waals surface area contributed by atoms with Gasteiger partial charge in [-0.2, -0.15) is 0 Å². The lowest BCUT2D eigenvalue weighted by Crippen LogP contribution is -2.21. The van der Waals surface area contributed by atoms with Gasteiger partial charge in [-0.1, -0.05) is 25.1 Å². The summed E-state index contributed by atoms with van der Waals surface area (Å²) in [6, 6.07) is 14.6. The molecule has 0 saturated heterocycles. The van der Waals surface area contributed by atoms with Crippen molar-refractivity contribution in [3.05, 3.63) is 59.7 Å². The summed E-state index contributed by atoms with van der Waals surface area (Å²) in [5.41, 5.74) is 3.09. The molecule has 0 unspecified atom stereocenters. The van der Waals surface area contributed by atoms with Gasteiger partial charge in [0.05, 0.1) is 19.2 Å². The molecule has 2 rings (SSSR count). The van der Waals surface area contributed by atoms with E-state index < -0.39 is 5.97 Å². The number of aryl methyl sites for hydroxylation is 1. The van der Waals surface area contributed by atoms with Crippen molar-refractivity contribution in [1.82, 2.24) is 0 Å². The number of rotatable bonds is 6. The number of esters is 1. The van der Waals surface area contributed by atoms with Gasteiger partial charge in [0, 0.05) is 11.4 Å². The van der Waals surface area contributed by atoms with Crippen LogP contribution in [-0.2, 0) is 16.0 Å². The van der Waals surface area contributed by atoms with Crippen LogP contribution in [0.4, 0.5) is 11.4 Å². The lowest BCUT2D eigenvalue weighted by Gasteiger charge is -2.09. The number of amides is 1. The van der Waals surface area contributed by atoms with Crippen molar-refractivity contribution in [2.45, 2.75) is 13.3 Å². The monoisotopic (exact) mass is 312 g/mol. The molecule has 0 bridgehead atoms. The number of hydrogen-bond acceptors (Lipinski definition) is 4. The minimum atomic E-state index is -0.435. The van der Waals surface area contributed by atoms with E-state index in [1.807, 2.05) is 24.3 Å². The summed E-state index contributed by atoms with van der Waals surface area (Å²) in [6.07, 6.45) is 0.983. The predicted octanol–water partition coefficient (Wildman–Crippen LogP) is 3.09. The number of benzene rings is 2. The first-order valence-electron chi connectivity index (χ1n) is 7.43. The van der Waals surface area contributed by atoms with Gasteiger partial charge in [-0.15, -0.1) is 0 Å². The van der Waals surface area contributed by atoms with Crippen molar-refractivity contribution < 1.29 is 14.3 Å². The summed E-state index contributed by atoms with van der Waals surface area (Å²) in [4.78, 5) is 23.4. The zero-order valence-corrected chi connectivity index (χ0v) is 13.3. The van der Waals surface area contributed by atoms with Gasteiger partial charge in [-0.25, -0.2) is 4.79 Å². The third kappa shape index (κ3) is 4.85. The number of carbonyl (C=O) groups is 2. The molecular formula is C18H20N2O3. The quantitative estimate of drug-likeness (QED) is 0.804. The van der Waals surface area contributed by atoms with Crippen LogP contribution in [0.15, 0.2) is 48.5 Å². The highest BCUT2D eigenvalue weighted by Gasteiger charge is 2.07. The van der Waals surface area contributed by atoms with Crippen LogP contribution in [-0.4, -0.2) is 25.5 Å². The Morgan fingerprint density at radius 1 is 1.04 bits per heavy atom. The summed E-state index contributed by atoms with van der Waals surface area (Å²) >= 11 is 0. The smallest absolute Gasteiger partial charge is 0.337 e. The summed E-state index contributed by atoms with van der Waals surface area (Å²) in [5.74, 6) is -0.623. The number of methoxy groups -OCH3 is 1. The Bertz CT molecular complexity index is 681. The van der Waals surface area contributed by atoms with Gasteiger partial charge in [0.1, 0.15) is 0 Å². The average Bonchev–Trinajstić information content (AvgIpc) is 2.60. The molecule has 0 fully saturated rings. The molecule has 0 radical (unpaired) electrons. The Hall–Kier alpha value is -2.82. The molecule has 2 N–H and O–H groups in total. The first-order chi connectivity index (χ1) is 11.1. The molecule has 2 aromatic rings. The lowest BCUT2D eigenvalue weighted by molar-refractivity contribution is -0.114. The molecule has 0 heterocycles. The van der Waals surface area contributed by atoms with Crippen LogP contribution in [0.5, 0.6) is 0 Å². The molecule has 0 aliphatic carbocycles. The van der Waals surface area contributed by atoms with Crippen molar-refractivity contribution >= 4 is 23.3 Å². The van der Waals surface area contributed by atoms with Crippen LogP contribution in [0.2, 0.25) is 0 Å². The Kier molecular flexibility index (Phi) is 5.74. The fourth-order valence-electron chi connectivity index (χ4n) is 2.09. The van der Waals surface area contributed by atoms with Crippen LogP contribution in [0.3, 0.4) is 0 Å². The minimum Gasteiger partial charge on any atom is -0.465 e. The van der Waals surface area contributed by atoms with Crippen molar-refractivity contribution in [1.29, 1.82) is 0 Å². The molecule has 0 aliphatic rings. The van der Waals surface area contributed by atoms with E-state index in [2.05, 4.69) is 22.3 Å². The Balaban J connectivity index is 1.90. The lowest BCUT2D eigenvalue weighted by atomic mass is 10.1. The molecule has 0 spiro atoms. The summed E-state index contributed by atoms with van der Waals surface area (Å²) in [6.45, 7) is 2.24. The zero-order valence-electron chi connectivity index (χ0n) is 13.3. The van der Waals surface area contributed by atoms with Crippen molar-refractivity contribution in [3.63, 3.8) is 0 Å². The molecule has 0 atom stereocenters. The van der Waals surface area contributed by atoms with Crippen LogP contribution >= 0.6 is 0 Å². The van der Waals surface area contributed by atoms with Crippen LogP contribution < -0.4 is 10.6 Å². The SMILES string of the molecule is CCc1ccc(NCC(=O)Nc2cccc(C(=O)OC)c2)cc1. The van der Waals surface area contributed by atoms with Gasteiger partial charge < -0.3 is 15.4 Å². The second kappa shape index (κ2) is 7.98. The maximum absolute atomic E-state index is 12.0. The van der Waals surface area contributed by atoms with Crippen LogP contribution in [0.25, 0.3) is 0 Å². The van der Waals surface area contributed by atoms with Gasteiger partial charge in [0.25, 0.3) is 0 Å². The first-order valence-corrected chi connectivity index (χ1v) is 7.43. The molecule has 5 nitrogen and oxygen atoms in total. The molecular weight excluding hydrogens is 292 g/mol. The molecule has 0 aromatic heterocycles. The van der Waals surface area contributed by atoms with E-state index in [1.165, 1.54) is 12.7 Å². The standard InChI is InChI=1S/C18H20N2O3/c1-3-13-7-9-15(10-8-13)19-12-17(21)20-16-6-4-5-14(11-16)18(22)23-2/h4-11,19H,3,12H2,1-2H3,(H,20,21). The van der Waals surface area contributed by atoms with E-state index in [4.69, 9.17) is 0 Å². The maximum atomic E-state index is 12.0. The molecule has 1 amide bonds. The van der Waals surface area contributed by atoms with E-state index >= 15 is 0 Å². The van der Waals surface area contributed by atoms with Crippen LogP contribution in [0.1, 0.15) is 22.8 Å². The zero-order chi connectivity index (χ0) is 16.7. The summed E-state index contributed by atoms with van der Waals surface area (Å²) in [7, 11) is 1.32. The Morgan fingerprint density at radius 3 is 2.43 bits per heavy atom. The first kappa shape index (κ1) is 16.5. The molecule has 2 aromatic carbocycles. The van der Waals surface area contributed by atoms with E-state index in [0.717, 1.165) is 12.1 Å². The van der Waals surface area contributed by atoms with Gasteiger partial charge in [-0.3, -0.25) is 4.79 Å². The number of nitrogens with one attached hydrogen (secondary N) is 2. The summed E-state index contributed by atoms with van der Waals surface area (Å²) in [5, 5.41) is 5.81. The van der Waals surface area contributed by atoms with Crippen LogP contribution in [0, 0.1) is 0 Å². The molecule has 120 valence electrons. The topological polar surface area (TPSA) is 67.4 Å². The fourth-order valence-corrected chi connectivity index (χ4v) is 2.09. The third-order valence-electron chi connectivity index (χ3n) is 3.38. The highest BCUT2D eigenvalue weighted by Crippen LogP contribution is 2.12. The molecule has 0 aliphatic heterocycles. The maximum Gasteiger partial charge on any atom is 0.337 e. The molecule has 5 heteroatoms. The van der Waals surface area contributed by atoms with Gasteiger partial charge in [-0.05, 0) is 42.3 Å². The Morgan fingerprint density at radius 2 is 1.78 bits per heavy atom. The number of anilines is 2. The normalized spacial score (nSPS) is 10.0. The fraction of sp³-hybridized carbons (Fsp3) is 0.222. The largest absolute Gasteiger partial charge is 0.465 e. The van der Waals surface area contributed by atoms with Crippen molar-refractivity contribution in [2.24, 2.45) is 0 Å².